The number of hydrogen-bond acceptors (Lipinski definition) is 5. The highest BCUT2D eigenvalue weighted by Gasteiger charge is 2.32. The number of likely N-dealkylation sites (tertiary alicyclic amines) is 1. The highest BCUT2D eigenvalue weighted by Crippen LogP contribution is 2.33. The number of hydrogen-bond donors (Lipinski definition) is 1. The summed E-state index contributed by atoms with van der Waals surface area (Å²) in [5, 5.41) is 5.08. The monoisotopic (exact) mass is 316 g/mol. The number of carbonyl (C=O) groups is 1. The maximum atomic E-state index is 12.8. The molecule has 1 fully saturated rings. The first-order valence-corrected chi connectivity index (χ1v) is 8.36. The first-order valence-electron chi connectivity index (χ1n) is 7.48. The van der Waals surface area contributed by atoms with Crippen molar-refractivity contribution in [2.75, 3.05) is 18.9 Å². The van der Waals surface area contributed by atoms with E-state index < -0.39 is 0 Å². The fourth-order valence-electron chi connectivity index (χ4n) is 2.89. The van der Waals surface area contributed by atoms with Crippen LogP contribution in [0.4, 0.5) is 5.82 Å². The molecule has 22 heavy (non-hydrogen) atoms. The lowest BCUT2D eigenvalue weighted by molar-refractivity contribution is 0.0737. The van der Waals surface area contributed by atoms with Crippen LogP contribution in [0.1, 0.15) is 45.6 Å². The lowest BCUT2D eigenvalue weighted by Gasteiger charge is -2.24. The maximum absolute atomic E-state index is 12.8. The van der Waals surface area contributed by atoms with Crippen LogP contribution in [0, 0.1) is 13.8 Å². The third-order valence-corrected chi connectivity index (χ3v) is 4.95. The summed E-state index contributed by atoms with van der Waals surface area (Å²) >= 11 is 1.52. The molecule has 1 saturated heterocycles. The number of thiophene rings is 1. The van der Waals surface area contributed by atoms with Crippen molar-refractivity contribution in [3.63, 3.8) is 0 Å². The molecule has 1 atom stereocenters. The van der Waals surface area contributed by atoms with E-state index in [4.69, 9.17) is 0 Å². The first kappa shape index (κ1) is 15.0. The van der Waals surface area contributed by atoms with Gasteiger partial charge >= 0.3 is 0 Å². The van der Waals surface area contributed by atoms with Gasteiger partial charge in [0.2, 0.25) is 0 Å². The Kier molecular flexibility index (Phi) is 4.11. The summed E-state index contributed by atoms with van der Waals surface area (Å²) in [6, 6.07) is 3.96. The van der Waals surface area contributed by atoms with Gasteiger partial charge in [-0.25, -0.2) is 9.97 Å². The Labute approximate surface area is 134 Å². The standard InChI is InChI=1S/C16H20N4OS/c1-10-7-14(22-9-10)16(21)20-6-4-5-13(20)12-8-15(17-3)19-11(2)18-12/h7-9,13H,4-6H2,1-3H3,(H,17,18,19)/t13-/m1/s1. The molecule has 1 amide bonds. The van der Waals surface area contributed by atoms with Gasteiger partial charge in [0.1, 0.15) is 11.6 Å². The van der Waals surface area contributed by atoms with Crippen LogP contribution in [0.2, 0.25) is 0 Å². The highest BCUT2D eigenvalue weighted by atomic mass is 32.1. The molecule has 1 N–H and O–H groups in total. The molecule has 0 spiro atoms. The molecule has 2 aromatic heterocycles. The van der Waals surface area contributed by atoms with E-state index in [1.165, 1.54) is 11.3 Å². The zero-order valence-corrected chi connectivity index (χ0v) is 13.9. The number of aromatic nitrogens is 2. The summed E-state index contributed by atoms with van der Waals surface area (Å²) in [7, 11) is 1.84. The highest BCUT2D eigenvalue weighted by molar-refractivity contribution is 7.12. The van der Waals surface area contributed by atoms with Crippen molar-refractivity contribution in [3.8, 4) is 0 Å². The van der Waals surface area contributed by atoms with Crippen molar-refractivity contribution in [3.05, 3.63) is 39.5 Å². The van der Waals surface area contributed by atoms with Gasteiger partial charge in [0.15, 0.2) is 0 Å². The molecule has 3 heterocycles. The molecule has 0 radical (unpaired) electrons. The molecular weight excluding hydrogens is 296 g/mol. The molecule has 1 aliphatic heterocycles. The van der Waals surface area contributed by atoms with E-state index >= 15 is 0 Å². The SMILES string of the molecule is CNc1cc([C@H]2CCCN2C(=O)c2cc(C)cs2)nc(C)n1. The number of nitrogens with zero attached hydrogens (tertiary/aromatic N) is 3. The number of nitrogens with one attached hydrogen (secondary N) is 1. The van der Waals surface area contributed by atoms with E-state index in [0.29, 0.717) is 0 Å². The van der Waals surface area contributed by atoms with Gasteiger partial charge in [-0.3, -0.25) is 4.79 Å². The minimum Gasteiger partial charge on any atom is -0.373 e. The Balaban J connectivity index is 1.90. The van der Waals surface area contributed by atoms with Gasteiger partial charge in [0.25, 0.3) is 5.91 Å². The number of rotatable bonds is 3. The number of carbonyl (C=O) groups excluding carboxylic acids is 1. The second kappa shape index (κ2) is 6.04. The molecular formula is C16H20N4OS. The normalized spacial score (nSPS) is 17.8. The van der Waals surface area contributed by atoms with Crippen molar-refractivity contribution in [2.45, 2.75) is 32.7 Å². The summed E-state index contributed by atoms with van der Waals surface area (Å²) in [5.74, 6) is 1.64. The lowest BCUT2D eigenvalue weighted by Crippen LogP contribution is -2.30. The third-order valence-electron chi connectivity index (χ3n) is 3.91. The van der Waals surface area contributed by atoms with Crippen LogP contribution < -0.4 is 5.32 Å². The quantitative estimate of drug-likeness (QED) is 0.945. The molecule has 0 saturated carbocycles. The maximum Gasteiger partial charge on any atom is 0.264 e. The second-order valence-electron chi connectivity index (χ2n) is 5.62. The van der Waals surface area contributed by atoms with E-state index in [1.807, 2.05) is 43.3 Å². The van der Waals surface area contributed by atoms with Gasteiger partial charge < -0.3 is 10.2 Å². The molecule has 6 heteroatoms. The molecule has 0 unspecified atom stereocenters. The largest absolute Gasteiger partial charge is 0.373 e. The Morgan fingerprint density at radius 3 is 2.86 bits per heavy atom. The molecule has 1 aliphatic rings. The summed E-state index contributed by atoms with van der Waals surface area (Å²) in [4.78, 5) is 24.4. The van der Waals surface area contributed by atoms with Gasteiger partial charge in [-0.15, -0.1) is 11.3 Å². The zero-order chi connectivity index (χ0) is 15.7. The van der Waals surface area contributed by atoms with Crippen LogP contribution in [-0.4, -0.2) is 34.4 Å². The number of aryl methyl sites for hydroxylation is 2. The minimum atomic E-state index is 0.0451. The van der Waals surface area contributed by atoms with Crippen LogP contribution in [0.3, 0.4) is 0 Å². The lowest BCUT2D eigenvalue weighted by atomic mass is 10.1. The Hall–Kier alpha value is -1.95. The first-order chi connectivity index (χ1) is 10.6. The van der Waals surface area contributed by atoms with E-state index in [9.17, 15) is 4.79 Å². The Morgan fingerprint density at radius 1 is 1.36 bits per heavy atom. The van der Waals surface area contributed by atoms with E-state index in [-0.39, 0.29) is 11.9 Å². The summed E-state index contributed by atoms with van der Waals surface area (Å²) in [6.45, 7) is 4.69. The second-order valence-corrected chi connectivity index (χ2v) is 6.53. The molecule has 3 rings (SSSR count). The molecule has 0 bridgehead atoms. The fourth-order valence-corrected chi connectivity index (χ4v) is 3.74. The predicted molar refractivity (Wildman–Crippen MR) is 88.4 cm³/mol. The Morgan fingerprint density at radius 2 is 2.18 bits per heavy atom. The van der Waals surface area contributed by atoms with Crippen molar-refractivity contribution >= 4 is 23.1 Å². The van der Waals surface area contributed by atoms with Gasteiger partial charge in [0, 0.05) is 19.7 Å². The smallest absolute Gasteiger partial charge is 0.264 e. The zero-order valence-electron chi connectivity index (χ0n) is 13.1. The van der Waals surface area contributed by atoms with E-state index in [0.717, 1.165) is 47.2 Å². The number of amides is 1. The van der Waals surface area contributed by atoms with Gasteiger partial charge in [-0.05, 0) is 43.7 Å². The van der Waals surface area contributed by atoms with Crippen LogP contribution in [-0.2, 0) is 0 Å². The summed E-state index contributed by atoms with van der Waals surface area (Å²) < 4.78 is 0. The van der Waals surface area contributed by atoms with Crippen molar-refractivity contribution < 1.29 is 4.79 Å². The van der Waals surface area contributed by atoms with Crippen molar-refractivity contribution in [2.24, 2.45) is 0 Å². The topological polar surface area (TPSA) is 58.1 Å². The van der Waals surface area contributed by atoms with Gasteiger partial charge in [-0.1, -0.05) is 0 Å². The molecule has 5 nitrogen and oxygen atoms in total. The molecule has 0 aliphatic carbocycles. The summed E-state index contributed by atoms with van der Waals surface area (Å²) in [6.07, 6.45) is 1.97. The van der Waals surface area contributed by atoms with Gasteiger partial charge in [0.05, 0.1) is 16.6 Å². The van der Waals surface area contributed by atoms with Crippen LogP contribution in [0.5, 0.6) is 0 Å². The summed E-state index contributed by atoms with van der Waals surface area (Å²) in [5.41, 5.74) is 2.07. The van der Waals surface area contributed by atoms with Gasteiger partial charge in [-0.2, -0.15) is 0 Å². The average molecular weight is 316 g/mol. The molecule has 116 valence electrons. The van der Waals surface area contributed by atoms with Crippen LogP contribution >= 0.6 is 11.3 Å². The predicted octanol–water partition coefficient (Wildman–Crippen LogP) is 3.17. The van der Waals surface area contributed by atoms with Crippen LogP contribution in [0.25, 0.3) is 0 Å². The van der Waals surface area contributed by atoms with E-state index in [1.54, 1.807) is 0 Å². The average Bonchev–Trinajstić information content (AvgIpc) is 3.14. The van der Waals surface area contributed by atoms with E-state index in [2.05, 4.69) is 15.3 Å². The molecule has 0 aromatic carbocycles. The van der Waals surface area contributed by atoms with Crippen molar-refractivity contribution in [1.82, 2.24) is 14.9 Å². The third kappa shape index (κ3) is 2.83. The fraction of sp³-hybridized carbons (Fsp3) is 0.438. The molecule has 2 aromatic rings. The Bertz CT molecular complexity index is 697. The minimum absolute atomic E-state index is 0.0451. The van der Waals surface area contributed by atoms with Crippen molar-refractivity contribution in [1.29, 1.82) is 0 Å². The number of anilines is 1. The van der Waals surface area contributed by atoms with Crippen LogP contribution in [0.15, 0.2) is 17.5 Å².